The van der Waals surface area contributed by atoms with Crippen molar-refractivity contribution >= 4 is 11.3 Å². The molecule has 0 amide bonds. The van der Waals surface area contributed by atoms with Crippen LogP contribution in [0.1, 0.15) is 36.1 Å². The van der Waals surface area contributed by atoms with E-state index in [2.05, 4.69) is 30.9 Å². The van der Waals surface area contributed by atoms with E-state index in [1.54, 1.807) is 11.3 Å². The highest BCUT2D eigenvalue weighted by Gasteiger charge is 2.16. The number of aryl methyl sites for hydroxylation is 1. The van der Waals surface area contributed by atoms with Gasteiger partial charge in [-0.15, -0.1) is 11.3 Å². The second-order valence-electron chi connectivity index (χ2n) is 8.35. The third kappa shape index (κ3) is 7.03. The summed E-state index contributed by atoms with van der Waals surface area (Å²) in [7, 11) is 0. The van der Waals surface area contributed by atoms with E-state index in [1.165, 1.54) is 4.88 Å². The van der Waals surface area contributed by atoms with Gasteiger partial charge in [0.1, 0.15) is 11.5 Å². The Morgan fingerprint density at radius 2 is 1.70 bits per heavy atom. The minimum atomic E-state index is -0.302. The Hall–Kier alpha value is -2.41. The van der Waals surface area contributed by atoms with Crippen LogP contribution in [0.5, 0.6) is 11.5 Å². The summed E-state index contributed by atoms with van der Waals surface area (Å²) in [6, 6.07) is 18.2. The fraction of sp³-hybridized carbons (Fsp3) is 0.444. The molecule has 0 radical (unpaired) electrons. The number of hydrogen-bond acceptors (Lipinski definition) is 6. The molecule has 1 aliphatic rings. The second-order valence-corrected chi connectivity index (χ2v) is 9.64. The van der Waals surface area contributed by atoms with E-state index in [0.717, 1.165) is 86.3 Å². The zero-order valence-electron chi connectivity index (χ0n) is 19.7. The topological polar surface area (TPSA) is 43.8 Å². The second kappa shape index (κ2) is 12.2. The first-order chi connectivity index (χ1) is 16.2. The minimum absolute atomic E-state index is 0.302. The molecule has 1 fully saturated rings. The van der Waals surface area contributed by atoms with E-state index in [-0.39, 0.29) is 6.29 Å². The maximum absolute atomic E-state index is 6.22. The summed E-state index contributed by atoms with van der Waals surface area (Å²) in [4.78, 5) is 8.66. The maximum Gasteiger partial charge on any atom is 0.241 e. The van der Waals surface area contributed by atoms with Gasteiger partial charge in [0, 0.05) is 36.5 Å². The zero-order valence-corrected chi connectivity index (χ0v) is 20.5. The fourth-order valence-electron chi connectivity index (χ4n) is 3.96. The molecule has 4 rings (SSSR count). The van der Waals surface area contributed by atoms with Gasteiger partial charge in [0.2, 0.25) is 6.29 Å². The summed E-state index contributed by atoms with van der Waals surface area (Å²) < 4.78 is 17.8. The molecule has 1 aromatic heterocycles. The Balaban J connectivity index is 1.41. The molecule has 3 aromatic rings. The van der Waals surface area contributed by atoms with Crippen LogP contribution in [-0.4, -0.2) is 49.0 Å². The maximum atomic E-state index is 6.22. The Morgan fingerprint density at radius 1 is 1.00 bits per heavy atom. The first-order valence-electron chi connectivity index (χ1n) is 12.0. The van der Waals surface area contributed by atoms with Crippen molar-refractivity contribution in [2.45, 2.75) is 45.8 Å². The smallest absolute Gasteiger partial charge is 0.241 e. The van der Waals surface area contributed by atoms with E-state index in [9.17, 15) is 0 Å². The van der Waals surface area contributed by atoms with E-state index in [1.807, 2.05) is 42.5 Å². The Labute approximate surface area is 201 Å². The predicted octanol–water partition coefficient (Wildman–Crippen LogP) is 5.97. The van der Waals surface area contributed by atoms with Crippen molar-refractivity contribution in [1.29, 1.82) is 0 Å². The minimum Gasteiger partial charge on any atom is -0.455 e. The quantitative estimate of drug-likeness (QED) is 0.326. The molecule has 33 heavy (non-hydrogen) atoms. The molecular formula is C27H34N2O3S. The summed E-state index contributed by atoms with van der Waals surface area (Å²) in [6.07, 6.45) is 3.73. The number of morpholine rings is 1. The van der Waals surface area contributed by atoms with Gasteiger partial charge in [-0.2, -0.15) is 0 Å². The Bertz CT molecular complexity index is 969. The number of benzene rings is 2. The van der Waals surface area contributed by atoms with Crippen LogP contribution in [-0.2, 0) is 11.2 Å². The van der Waals surface area contributed by atoms with Crippen LogP contribution in [0.4, 0.5) is 0 Å². The highest BCUT2D eigenvalue weighted by atomic mass is 32.1. The summed E-state index contributed by atoms with van der Waals surface area (Å²) in [6.45, 7) is 9.03. The number of hydrogen-bond donors (Lipinski definition) is 0. The molecule has 2 aromatic carbocycles. The molecule has 1 saturated heterocycles. The number of nitrogens with zero attached hydrogens (tertiary/aromatic N) is 2. The van der Waals surface area contributed by atoms with Crippen molar-refractivity contribution in [3.8, 4) is 22.8 Å². The van der Waals surface area contributed by atoms with Gasteiger partial charge in [0.15, 0.2) is 0 Å². The van der Waals surface area contributed by atoms with Gasteiger partial charge in [-0.05, 0) is 56.2 Å². The molecule has 5 nitrogen and oxygen atoms in total. The normalized spacial score (nSPS) is 15.3. The highest BCUT2D eigenvalue weighted by molar-refractivity contribution is 7.12. The first-order valence-corrected chi connectivity index (χ1v) is 12.8. The van der Waals surface area contributed by atoms with Gasteiger partial charge in [0.25, 0.3) is 0 Å². The summed E-state index contributed by atoms with van der Waals surface area (Å²) in [5, 5.41) is 1.11. The van der Waals surface area contributed by atoms with Crippen LogP contribution < -0.4 is 9.47 Å². The van der Waals surface area contributed by atoms with Crippen molar-refractivity contribution in [2.24, 2.45) is 0 Å². The predicted molar refractivity (Wildman–Crippen MR) is 134 cm³/mol. The van der Waals surface area contributed by atoms with Crippen molar-refractivity contribution in [3.63, 3.8) is 0 Å². The largest absolute Gasteiger partial charge is 0.455 e. The highest BCUT2D eigenvalue weighted by Crippen LogP contribution is 2.30. The molecule has 6 heteroatoms. The van der Waals surface area contributed by atoms with Crippen LogP contribution in [0, 0.1) is 6.92 Å². The number of thiazole rings is 1. The molecular weight excluding hydrogens is 432 g/mol. The number of para-hydroxylation sites is 1. The van der Waals surface area contributed by atoms with Crippen molar-refractivity contribution < 1.29 is 14.2 Å². The third-order valence-electron chi connectivity index (χ3n) is 5.76. The number of ether oxygens (including phenoxy) is 3. The summed E-state index contributed by atoms with van der Waals surface area (Å²) in [5.74, 6) is 1.65. The van der Waals surface area contributed by atoms with Crippen LogP contribution in [0.2, 0.25) is 0 Å². The number of aromatic nitrogens is 1. The lowest BCUT2D eigenvalue weighted by Gasteiger charge is -2.26. The van der Waals surface area contributed by atoms with Gasteiger partial charge < -0.3 is 14.2 Å². The SMILES string of the molecule is CCCCC(Oc1ccccc1)Oc1ccc(-c2nc(C)sc2CCN2CCOCC2)cc1. The van der Waals surface area contributed by atoms with Crippen LogP contribution in [0.3, 0.4) is 0 Å². The molecule has 1 aliphatic heterocycles. The van der Waals surface area contributed by atoms with Crippen LogP contribution in [0.25, 0.3) is 11.3 Å². The van der Waals surface area contributed by atoms with Gasteiger partial charge in [-0.25, -0.2) is 4.98 Å². The van der Waals surface area contributed by atoms with Crippen molar-refractivity contribution in [1.82, 2.24) is 9.88 Å². The molecule has 0 saturated carbocycles. The molecule has 0 N–H and O–H groups in total. The van der Waals surface area contributed by atoms with Gasteiger partial charge >= 0.3 is 0 Å². The molecule has 0 spiro atoms. The molecule has 1 atom stereocenters. The zero-order chi connectivity index (χ0) is 22.9. The standard InChI is InChI=1S/C27H34N2O3S/c1-3-4-10-26(31-23-8-6-5-7-9-23)32-24-13-11-22(12-14-24)27-25(33-21(2)28-27)15-16-29-17-19-30-20-18-29/h5-9,11-14,26H,3-4,10,15-20H2,1-2H3. The average Bonchev–Trinajstić information content (AvgIpc) is 3.23. The number of unbranched alkanes of at least 4 members (excludes halogenated alkanes) is 1. The summed E-state index contributed by atoms with van der Waals surface area (Å²) in [5.41, 5.74) is 2.23. The lowest BCUT2D eigenvalue weighted by atomic mass is 10.1. The van der Waals surface area contributed by atoms with Crippen molar-refractivity contribution in [3.05, 3.63) is 64.5 Å². The molecule has 176 valence electrons. The molecule has 1 unspecified atom stereocenters. The Kier molecular flexibility index (Phi) is 8.75. The average molecular weight is 467 g/mol. The fourth-order valence-corrected chi connectivity index (χ4v) is 4.90. The molecule has 0 aliphatic carbocycles. The molecule has 0 bridgehead atoms. The van der Waals surface area contributed by atoms with Crippen molar-refractivity contribution in [2.75, 3.05) is 32.8 Å². The Morgan fingerprint density at radius 3 is 2.39 bits per heavy atom. The van der Waals surface area contributed by atoms with Crippen LogP contribution >= 0.6 is 11.3 Å². The third-order valence-corrected chi connectivity index (χ3v) is 6.79. The van der Waals surface area contributed by atoms with Gasteiger partial charge in [-0.1, -0.05) is 31.5 Å². The molecule has 2 heterocycles. The van der Waals surface area contributed by atoms with E-state index < -0.39 is 0 Å². The lowest BCUT2D eigenvalue weighted by molar-refractivity contribution is -0.00210. The van der Waals surface area contributed by atoms with Gasteiger partial charge in [0.05, 0.1) is 23.9 Å². The van der Waals surface area contributed by atoms with E-state index in [0.29, 0.717) is 0 Å². The van der Waals surface area contributed by atoms with E-state index >= 15 is 0 Å². The first kappa shape index (κ1) is 23.7. The van der Waals surface area contributed by atoms with E-state index in [4.69, 9.17) is 19.2 Å². The van der Waals surface area contributed by atoms with Crippen LogP contribution in [0.15, 0.2) is 54.6 Å². The monoisotopic (exact) mass is 466 g/mol. The van der Waals surface area contributed by atoms with Gasteiger partial charge in [-0.3, -0.25) is 4.90 Å². The number of rotatable bonds is 11. The lowest BCUT2D eigenvalue weighted by Crippen LogP contribution is -2.37. The summed E-state index contributed by atoms with van der Waals surface area (Å²) >= 11 is 1.80.